The van der Waals surface area contributed by atoms with Gasteiger partial charge in [0, 0.05) is 29.9 Å². The van der Waals surface area contributed by atoms with Crippen LogP contribution in [-0.2, 0) is 19.4 Å². The highest BCUT2D eigenvalue weighted by atomic mass is 79.9. The van der Waals surface area contributed by atoms with Crippen molar-refractivity contribution in [2.24, 2.45) is 0 Å². The third-order valence-electron chi connectivity index (χ3n) is 3.33. The van der Waals surface area contributed by atoms with Crippen LogP contribution in [0.1, 0.15) is 16.3 Å². The van der Waals surface area contributed by atoms with E-state index in [-0.39, 0.29) is 0 Å². The fourth-order valence-electron chi connectivity index (χ4n) is 2.38. The number of halogens is 2. The van der Waals surface area contributed by atoms with E-state index in [4.69, 9.17) is 16.6 Å². The molecule has 3 nitrogen and oxygen atoms in total. The molecular formula is C15H15BrClN3S. The molecule has 0 amide bonds. The maximum atomic E-state index is 5.91. The first kappa shape index (κ1) is 15.0. The molecule has 0 saturated heterocycles. The molecule has 21 heavy (non-hydrogen) atoms. The molecule has 0 N–H and O–H groups in total. The van der Waals surface area contributed by atoms with E-state index in [1.807, 2.05) is 13.1 Å². The quantitative estimate of drug-likeness (QED) is 0.602. The molecule has 0 aliphatic carbocycles. The average Bonchev–Trinajstić information content (AvgIpc) is 3.00. The Morgan fingerprint density at radius 2 is 2.19 bits per heavy atom. The van der Waals surface area contributed by atoms with Crippen LogP contribution >= 0.6 is 38.9 Å². The fraction of sp³-hybridized carbons (Fsp3) is 0.333. The van der Waals surface area contributed by atoms with Crippen molar-refractivity contribution in [2.45, 2.75) is 26.3 Å². The van der Waals surface area contributed by atoms with Crippen LogP contribution in [0.3, 0.4) is 0 Å². The standard InChI is InChI=1S/C15H15BrClN3S/c1-10-8-12-15(18-9-10)20(14(19-12)4-6-17)7-5-11-2-3-13(16)21-11/h2-3,8-9H,4-7H2,1H3. The second-order valence-electron chi connectivity index (χ2n) is 4.93. The van der Waals surface area contributed by atoms with E-state index in [0.717, 1.165) is 41.9 Å². The van der Waals surface area contributed by atoms with E-state index in [2.05, 4.69) is 43.7 Å². The normalized spacial score (nSPS) is 11.4. The lowest BCUT2D eigenvalue weighted by molar-refractivity contribution is 0.674. The lowest BCUT2D eigenvalue weighted by Gasteiger charge is -2.07. The first-order valence-corrected chi connectivity index (χ1v) is 8.93. The van der Waals surface area contributed by atoms with Crippen molar-refractivity contribution in [1.29, 1.82) is 0 Å². The van der Waals surface area contributed by atoms with Crippen LogP contribution in [0.15, 0.2) is 28.2 Å². The van der Waals surface area contributed by atoms with Crippen molar-refractivity contribution in [2.75, 3.05) is 5.88 Å². The molecule has 0 atom stereocenters. The predicted octanol–water partition coefficient (Wildman–Crippen LogP) is 4.59. The lowest BCUT2D eigenvalue weighted by Crippen LogP contribution is -2.07. The Morgan fingerprint density at radius 1 is 1.33 bits per heavy atom. The van der Waals surface area contributed by atoms with E-state index in [0.29, 0.717) is 5.88 Å². The third kappa shape index (κ3) is 3.30. The Bertz CT molecular complexity index is 765. The monoisotopic (exact) mass is 383 g/mol. The van der Waals surface area contributed by atoms with E-state index in [9.17, 15) is 0 Å². The van der Waals surface area contributed by atoms with Gasteiger partial charge < -0.3 is 4.57 Å². The summed E-state index contributed by atoms with van der Waals surface area (Å²) in [7, 11) is 0. The van der Waals surface area contributed by atoms with Gasteiger partial charge in [0.2, 0.25) is 0 Å². The summed E-state index contributed by atoms with van der Waals surface area (Å²) in [6, 6.07) is 6.33. The fourth-order valence-corrected chi connectivity index (χ4v) is 4.02. The number of rotatable bonds is 5. The molecular weight excluding hydrogens is 370 g/mol. The lowest BCUT2D eigenvalue weighted by atomic mass is 10.3. The molecule has 0 radical (unpaired) electrons. The number of hydrogen-bond donors (Lipinski definition) is 0. The Balaban J connectivity index is 1.92. The maximum absolute atomic E-state index is 5.91. The number of aryl methyl sites for hydroxylation is 4. The summed E-state index contributed by atoms with van der Waals surface area (Å²) in [6.45, 7) is 2.92. The summed E-state index contributed by atoms with van der Waals surface area (Å²) in [6.07, 6.45) is 3.64. The molecule has 0 unspecified atom stereocenters. The number of alkyl halides is 1. The Kier molecular flexibility index (Phi) is 4.62. The minimum atomic E-state index is 0.576. The highest BCUT2D eigenvalue weighted by Crippen LogP contribution is 2.24. The topological polar surface area (TPSA) is 30.7 Å². The molecule has 0 aliphatic rings. The molecule has 3 heterocycles. The van der Waals surface area contributed by atoms with Gasteiger partial charge in [-0.1, -0.05) is 0 Å². The molecule has 3 aromatic heterocycles. The van der Waals surface area contributed by atoms with Crippen molar-refractivity contribution in [3.63, 3.8) is 0 Å². The van der Waals surface area contributed by atoms with Crippen molar-refractivity contribution in [1.82, 2.24) is 14.5 Å². The zero-order chi connectivity index (χ0) is 14.8. The van der Waals surface area contributed by atoms with E-state index in [1.165, 1.54) is 8.66 Å². The van der Waals surface area contributed by atoms with Crippen molar-refractivity contribution in [3.05, 3.63) is 44.4 Å². The second kappa shape index (κ2) is 6.46. The molecule has 0 saturated carbocycles. The van der Waals surface area contributed by atoms with Crippen molar-refractivity contribution in [3.8, 4) is 0 Å². The predicted molar refractivity (Wildman–Crippen MR) is 92.4 cm³/mol. The number of pyridine rings is 1. The SMILES string of the molecule is Cc1cnc2c(c1)nc(CCCl)n2CCc1ccc(Br)s1. The van der Waals surface area contributed by atoms with Crippen molar-refractivity contribution >= 4 is 50.0 Å². The van der Waals surface area contributed by atoms with Crippen LogP contribution in [0.2, 0.25) is 0 Å². The summed E-state index contributed by atoms with van der Waals surface area (Å²) >= 11 is 11.2. The molecule has 0 aromatic carbocycles. The summed E-state index contributed by atoms with van der Waals surface area (Å²) in [4.78, 5) is 10.6. The molecule has 6 heteroatoms. The molecule has 3 rings (SSSR count). The molecule has 110 valence electrons. The Hall–Kier alpha value is -0.910. The number of nitrogens with zero attached hydrogens (tertiary/aromatic N) is 3. The summed E-state index contributed by atoms with van der Waals surface area (Å²) in [5, 5.41) is 0. The molecule has 0 spiro atoms. The van der Waals surface area contributed by atoms with Crippen molar-refractivity contribution < 1.29 is 0 Å². The second-order valence-corrected chi connectivity index (χ2v) is 7.86. The van der Waals surface area contributed by atoms with Gasteiger partial charge in [0.25, 0.3) is 0 Å². The van der Waals surface area contributed by atoms with Crippen LogP contribution in [0, 0.1) is 6.92 Å². The summed E-state index contributed by atoms with van der Waals surface area (Å²) < 4.78 is 3.37. The first-order valence-electron chi connectivity index (χ1n) is 6.79. The minimum Gasteiger partial charge on any atom is -0.312 e. The van der Waals surface area contributed by atoms with Gasteiger partial charge in [0.05, 0.1) is 3.79 Å². The largest absolute Gasteiger partial charge is 0.312 e. The number of fused-ring (bicyclic) bond motifs is 1. The molecule has 0 bridgehead atoms. The minimum absolute atomic E-state index is 0.576. The average molecular weight is 385 g/mol. The van der Waals surface area contributed by atoms with E-state index in [1.54, 1.807) is 11.3 Å². The van der Waals surface area contributed by atoms with Crippen LogP contribution in [0.5, 0.6) is 0 Å². The number of hydrogen-bond acceptors (Lipinski definition) is 3. The molecule has 0 aliphatic heterocycles. The molecule has 0 fully saturated rings. The van der Waals surface area contributed by atoms with Gasteiger partial charge in [-0.25, -0.2) is 9.97 Å². The number of aromatic nitrogens is 3. The highest BCUT2D eigenvalue weighted by molar-refractivity contribution is 9.11. The zero-order valence-corrected chi connectivity index (χ0v) is 14.8. The number of imidazole rings is 1. The van der Waals surface area contributed by atoms with Crippen LogP contribution < -0.4 is 0 Å². The van der Waals surface area contributed by atoms with Gasteiger partial charge in [0.1, 0.15) is 11.3 Å². The Labute approximate surface area is 141 Å². The number of thiophene rings is 1. The zero-order valence-electron chi connectivity index (χ0n) is 11.6. The van der Waals surface area contributed by atoms with E-state index < -0.39 is 0 Å². The van der Waals surface area contributed by atoms with Gasteiger partial charge in [-0.15, -0.1) is 22.9 Å². The van der Waals surface area contributed by atoms with Crippen LogP contribution in [0.4, 0.5) is 0 Å². The van der Waals surface area contributed by atoms with Gasteiger partial charge in [-0.05, 0) is 53.0 Å². The summed E-state index contributed by atoms with van der Waals surface area (Å²) in [5.41, 5.74) is 3.05. The summed E-state index contributed by atoms with van der Waals surface area (Å²) in [5.74, 6) is 1.60. The van der Waals surface area contributed by atoms with E-state index >= 15 is 0 Å². The van der Waals surface area contributed by atoms with Gasteiger partial charge >= 0.3 is 0 Å². The Morgan fingerprint density at radius 3 is 2.90 bits per heavy atom. The first-order chi connectivity index (χ1) is 10.2. The third-order valence-corrected chi connectivity index (χ3v) is 5.20. The smallest absolute Gasteiger partial charge is 0.160 e. The van der Waals surface area contributed by atoms with Crippen LogP contribution in [0.25, 0.3) is 11.2 Å². The maximum Gasteiger partial charge on any atom is 0.160 e. The van der Waals surface area contributed by atoms with Gasteiger partial charge in [-0.3, -0.25) is 0 Å². The van der Waals surface area contributed by atoms with Crippen LogP contribution in [-0.4, -0.2) is 20.4 Å². The highest BCUT2D eigenvalue weighted by Gasteiger charge is 2.12. The van der Waals surface area contributed by atoms with Gasteiger partial charge in [0.15, 0.2) is 5.65 Å². The molecule has 3 aromatic rings. The van der Waals surface area contributed by atoms with Gasteiger partial charge in [-0.2, -0.15) is 0 Å².